The molecule has 14 heavy (non-hydrogen) atoms. The van der Waals surface area contributed by atoms with Gasteiger partial charge in [-0.1, -0.05) is 66.3 Å². The highest BCUT2D eigenvalue weighted by Gasteiger charge is 2.10. The largest absolute Gasteiger partial charge is 0.294 e. The second kappa shape index (κ2) is 6.17. The van der Waals surface area contributed by atoms with E-state index in [0.717, 1.165) is 18.4 Å². The van der Waals surface area contributed by atoms with Gasteiger partial charge < -0.3 is 0 Å². The van der Waals surface area contributed by atoms with Gasteiger partial charge in [0.05, 0.1) is 0 Å². The number of benzene rings is 1. The zero-order valence-electron chi connectivity index (χ0n) is 8.37. The van der Waals surface area contributed by atoms with E-state index in [4.69, 9.17) is 0 Å². The molecule has 1 aromatic carbocycles. The first-order valence-corrected chi connectivity index (χ1v) is 6.21. The first-order valence-electron chi connectivity index (χ1n) is 4.96. The van der Waals surface area contributed by atoms with Crippen molar-refractivity contribution in [3.63, 3.8) is 0 Å². The first-order chi connectivity index (χ1) is 6.74. The monoisotopic (exact) mass is 302 g/mol. The average molecular weight is 302 g/mol. The van der Waals surface area contributed by atoms with Crippen molar-refractivity contribution in [2.45, 2.75) is 30.1 Å². The third kappa shape index (κ3) is 3.78. The van der Waals surface area contributed by atoms with Crippen molar-refractivity contribution < 1.29 is 4.79 Å². The molecule has 0 aliphatic rings. The summed E-state index contributed by atoms with van der Waals surface area (Å²) in [4.78, 5) is 11.7. The van der Waals surface area contributed by atoms with Crippen molar-refractivity contribution in [1.29, 1.82) is 0 Å². The Morgan fingerprint density at radius 1 is 1.36 bits per heavy atom. The molecule has 0 fully saturated rings. The highest BCUT2D eigenvalue weighted by Crippen LogP contribution is 2.16. The van der Waals surface area contributed by atoms with Gasteiger partial charge in [-0.05, 0) is 6.42 Å². The average Bonchev–Trinajstić information content (AvgIpc) is 2.19. The van der Waals surface area contributed by atoms with E-state index in [1.807, 2.05) is 30.3 Å². The number of carbonyl (C=O) groups is 1. The van der Waals surface area contributed by atoms with Gasteiger partial charge in [-0.15, -0.1) is 0 Å². The van der Waals surface area contributed by atoms with Crippen LogP contribution in [0.25, 0.3) is 0 Å². The molecule has 2 heteroatoms. The van der Waals surface area contributed by atoms with E-state index < -0.39 is 0 Å². The molecule has 1 unspecified atom stereocenters. The topological polar surface area (TPSA) is 17.1 Å². The maximum absolute atomic E-state index is 11.7. The van der Waals surface area contributed by atoms with Crippen LogP contribution < -0.4 is 0 Å². The molecule has 1 aromatic rings. The lowest BCUT2D eigenvalue weighted by atomic mass is 10.1. The van der Waals surface area contributed by atoms with Crippen molar-refractivity contribution in [2.75, 3.05) is 0 Å². The lowest BCUT2D eigenvalue weighted by Gasteiger charge is -2.06. The Morgan fingerprint density at radius 3 is 2.57 bits per heavy atom. The van der Waals surface area contributed by atoms with E-state index in [0.29, 0.717) is 10.3 Å². The number of carbonyl (C=O) groups excluding carboxylic acids is 1. The predicted octanol–water partition coefficient (Wildman–Crippen LogP) is 3.86. The summed E-state index contributed by atoms with van der Waals surface area (Å²) >= 11 is 2.36. The first kappa shape index (κ1) is 11.7. The summed E-state index contributed by atoms with van der Waals surface area (Å²) < 4.78 is 0.477. The highest BCUT2D eigenvalue weighted by molar-refractivity contribution is 14.1. The van der Waals surface area contributed by atoms with Crippen LogP contribution in [0.3, 0.4) is 0 Å². The van der Waals surface area contributed by atoms with Crippen LogP contribution in [0.2, 0.25) is 0 Å². The fraction of sp³-hybridized carbons (Fsp3) is 0.417. The SMILES string of the molecule is CCCC(I)CC(=O)c1ccccc1. The van der Waals surface area contributed by atoms with E-state index in [-0.39, 0.29) is 5.78 Å². The highest BCUT2D eigenvalue weighted by atomic mass is 127. The summed E-state index contributed by atoms with van der Waals surface area (Å²) in [6.07, 6.45) is 2.94. The Hall–Kier alpha value is -0.380. The van der Waals surface area contributed by atoms with Crippen molar-refractivity contribution in [3.05, 3.63) is 35.9 Å². The van der Waals surface area contributed by atoms with Gasteiger partial charge in [0.25, 0.3) is 0 Å². The van der Waals surface area contributed by atoms with Gasteiger partial charge >= 0.3 is 0 Å². The molecular weight excluding hydrogens is 287 g/mol. The molecule has 0 aliphatic heterocycles. The fourth-order valence-electron chi connectivity index (χ4n) is 1.36. The molecule has 76 valence electrons. The molecule has 0 heterocycles. The number of hydrogen-bond donors (Lipinski definition) is 0. The standard InChI is InChI=1S/C12H15IO/c1-2-6-11(13)9-12(14)10-7-4-3-5-8-10/h3-5,7-8,11H,2,6,9H2,1H3. The van der Waals surface area contributed by atoms with E-state index in [1.54, 1.807) is 0 Å². The van der Waals surface area contributed by atoms with Gasteiger partial charge in [0.2, 0.25) is 0 Å². The van der Waals surface area contributed by atoms with E-state index >= 15 is 0 Å². The lowest BCUT2D eigenvalue weighted by Crippen LogP contribution is -2.07. The van der Waals surface area contributed by atoms with Crippen LogP contribution in [0.15, 0.2) is 30.3 Å². The van der Waals surface area contributed by atoms with E-state index in [1.165, 1.54) is 0 Å². The normalized spacial score (nSPS) is 12.4. The van der Waals surface area contributed by atoms with Gasteiger partial charge in [0.1, 0.15) is 0 Å². The van der Waals surface area contributed by atoms with Crippen LogP contribution in [0.4, 0.5) is 0 Å². The molecular formula is C12H15IO. The second-order valence-corrected chi connectivity index (χ2v) is 5.14. The molecule has 0 radical (unpaired) electrons. The van der Waals surface area contributed by atoms with Gasteiger partial charge in [-0.3, -0.25) is 4.79 Å². The zero-order valence-corrected chi connectivity index (χ0v) is 10.5. The van der Waals surface area contributed by atoms with Crippen molar-refractivity contribution >= 4 is 28.4 Å². The summed E-state index contributed by atoms with van der Waals surface area (Å²) in [5.74, 6) is 0.262. The molecule has 1 rings (SSSR count). The van der Waals surface area contributed by atoms with Crippen molar-refractivity contribution in [1.82, 2.24) is 0 Å². The van der Waals surface area contributed by atoms with Crippen LogP contribution >= 0.6 is 22.6 Å². The van der Waals surface area contributed by atoms with E-state index in [2.05, 4.69) is 29.5 Å². The van der Waals surface area contributed by atoms with Crippen LogP contribution in [0.5, 0.6) is 0 Å². The molecule has 0 saturated carbocycles. The maximum Gasteiger partial charge on any atom is 0.163 e. The van der Waals surface area contributed by atoms with Crippen molar-refractivity contribution in [2.24, 2.45) is 0 Å². The number of hydrogen-bond acceptors (Lipinski definition) is 1. The molecule has 0 N–H and O–H groups in total. The molecule has 0 amide bonds. The molecule has 0 aromatic heterocycles. The van der Waals surface area contributed by atoms with Crippen molar-refractivity contribution in [3.8, 4) is 0 Å². The number of alkyl halides is 1. The zero-order chi connectivity index (χ0) is 10.4. The number of halogens is 1. The summed E-state index contributed by atoms with van der Waals surface area (Å²) in [6.45, 7) is 2.15. The fourth-order valence-corrected chi connectivity index (χ4v) is 2.38. The maximum atomic E-state index is 11.7. The molecule has 0 aliphatic carbocycles. The van der Waals surface area contributed by atoms with Crippen LogP contribution in [0.1, 0.15) is 36.5 Å². The van der Waals surface area contributed by atoms with Crippen LogP contribution in [-0.2, 0) is 0 Å². The summed E-state index contributed by atoms with van der Waals surface area (Å²) in [5, 5.41) is 0. The summed E-state index contributed by atoms with van der Waals surface area (Å²) in [5.41, 5.74) is 0.838. The Labute approximate surface area is 99.0 Å². The Morgan fingerprint density at radius 2 is 2.00 bits per heavy atom. The minimum absolute atomic E-state index is 0.262. The minimum Gasteiger partial charge on any atom is -0.294 e. The quantitative estimate of drug-likeness (QED) is 0.458. The van der Waals surface area contributed by atoms with Crippen LogP contribution in [0, 0.1) is 0 Å². The van der Waals surface area contributed by atoms with Gasteiger partial charge in [0, 0.05) is 15.9 Å². The predicted molar refractivity (Wildman–Crippen MR) is 68.1 cm³/mol. The number of ketones is 1. The third-order valence-corrected chi connectivity index (χ3v) is 3.17. The van der Waals surface area contributed by atoms with E-state index in [9.17, 15) is 4.79 Å². The molecule has 0 saturated heterocycles. The van der Waals surface area contributed by atoms with Crippen LogP contribution in [-0.4, -0.2) is 9.71 Å². The van der Waals surface area contributed by atoms with Gasteiger partial charge in [-0.2, -0.15) is 0 Å². The Balaban J connectivity index is 2.51. The Kier molecular flexibility index (Phi) is 5.15. The minimum atomic E-state index is 0.262. The molecule has 0 bridgehead atoms. The molecule has 0 spiro atoms. The van der Waals surface area contributed by atoms with Gasteiger partial charge in [-0.25, -0.2) is 0 Å². The number of Topliss-reactive ketones (excluding diaryl/α,β-unsaturated/α-hetero) is 1. The molecule has 1 atom stereocenters. The third-order valence-electron chi connectivity index (χ3n) is 2.10. The second-order valence-electron chi connectivity index (χ2n) is 3.38. The summed E-state index contributed by atoms with van der Waals surface area (Å²) in [7, 11) is 0. The van der Waals surface area contributed by atoms with Gasteiger partial charge in [0.15, 0.2) is 5.78 Å². The number of rotatable bonds is 5. The smallest absolute Gasteiger partial charge is 0.163 e. The lowest BCUT2D eigenvalue weighted by molar-refractivity contribution is 0.0982. The summed E-state index contributed by atoms with van der Waals surface area (Å²) in [6, 6.07) is 9.53. The Bertz CT molecular complexity index is 282. The molecule has 1 nitrogen and oxygen atoms in total.